The van der Waals surface area contributed by atoms with E-state index in [1.165, 1.54) is 0 Å². The van der Waals surface area contributed by atoms with Gasteiger partial charge in [-0.3, -0.25) is 0 Å². The predicted molar refractivity (Wildman–Crippen MR) is 78.7 cm³/mol. The van der Waals surface area contributed by atoms with Crippen molar-refractivity contribution >= 4 is 16.9 Å². The normalized spacial score (nSPS) is 11.6. The molecule has 2 aromatic rings. The van der Waals surface area contributed by atoms with Crippen LogP contribution in [-0.4, -0.2) is 22.1 Å². The molecule has 0 aliphatic rings. The molecule has 0 aliphatic carbocycles. The molecule has 1 heterocycles. The quantitative estimate of drug-likeness (QED) is 0.910. The van der Waals surface area contributed by atoms with Gasteiger partial charge in [-0.2, -0.15) is 4.98 Å². The third kappa shape index (κ3) is 3.56. The second-order valence-corrected chi connectivity index (χ2v) is 5.51. The molecule has 0 radical (unpaired) electrons. The van der Waals surface area contributed by atoms with Crippen LogP contribution in [0.25, 0.3) is 10.9 Å². The van der Waals surface area contributed by atoms with Gasteiger partial charge in [0.25, 0.3) is 0 Å². The van der Waals surface area contributed by atoms with Crippen LogP contribution in [0.5, 0.6) is 5.88 Å². The van der Waals surface area contributed by atoms with E-state index in [2.05, 4.69) is 22.2 Å². The van der Waals surface area contributed by atoms with Crippen LogP contribution in [0, 0.1) is 0 Å². The van der Waals surface area contributed by atoms with E-state index in [1.807, 2.05) is 45.0 Å². The minimum atomic E-state index is -0.279. The Labute approximate surface area is 114 Å². The maximum absolute atomic E-state index is 5.94. The third-order valence-corrected chi connectivity index (χ3v) is 2.50. The molecule has 0 saturated carbocycles. The summed E-state index contributed by atoms with van der Waals surface area (Å²) >= 11 is 0. The lowest BCUT2D eigenvalue weighted by atomic mass is 10.2. The van der Waals surface area contributed by atoms with Gasteiger partial charge in [0.15, 0.2) is 0 Å². The zero-order valence-electron chi connectivity index (χ0n) is 12.0. The first kappa shape index (κ1) is 13.6. The molecular weight excluding hydrogens is 238 g/mol. The summed E-state index contributed by atoms with van der Waals surface area (Å²) in [6.45, 7) is 9.02. The maximum atomic E-state index is 5.94. The summed E-state index contributed by atoms with van der Waals surface area (Å²) in [5.41, 5.74) is 0.620. The van der Waals surface area contributed by atoms with Gasteiger partial charge in [0.2, 0.25) is 11.8 Å². The number of anilines is 1. The standard InChI is InChI=1S/C15H21N3O/c1-5-10-16-14-17-12-9-7-6-8-11(12)13(18-14)19-15(2,3)4/h6-9H,5,10H2,1-4H3,(H,16,17,18). The summed E-state index contributed by atoms with van der Waals surface area (Å²) in [4.78, 5) is 8.98. The number of aromatic nitrogens is 2. The Morgan fingerprint density at radius 1 is 1.16 bits per heavy atom. The number of nitrogens with zero attached hydrogens (tertiary/aromatic N) is 2. The average molecular weight is 259 g/mol. The number of rotatable bonds is 4. The van der Waals surface area contributed by atoms with E-state index in [0.29, 0.717) is 11.8 Å². The van der Waals surface area contributed by atoms with Crippen LogP contribution >= 0.6 is 0 Å². The van der Waals surface area contributed by atoms with Crippen LogP contribution < -0.4 is 10.1 Å². The first-order chi connectivity index (χ1) is 8.99. The Kier molecular flexibility index (Phi) is 3.88. The zero-order valence-corrected chi connectivity index (χ0v) is 12.0. The molecule has 0 unspecified atom stereocenters. The van der Waals surface area contributed by atoms with Crippen molar-refractivity contribution in [1.82, 2.24) is 9.97 Å². The van der Waals surface area contributed by atoms with Crippen LogP contribution in [-0.2, 0) is 0 Å². The lowest BCUT2D eigenvalue weighted by Crippen LogP contribution is -2.24. The van der Waals surface area contributed by atoms with E-state index >= 15 is 0 Å². The Morgan fingerprint density at radius 3 is 2.58 bits per heavy atom. The van der Waals surface area contributed by atoms with Gasteiger partial charge < -0.3 is 10.1 Å². The van der Waals surface area contributed by atoms with Crippen molar-refractivity contribution < 1.29 is 4.74 Å². The fraction of sp³-hybridized carbons (Fsp3) is 0.467. The number of fused-ring (bicyclic) bond motifs is 1. The minimum Gasteiger partial charge on any atom is -0.471 e. The highest BCUT2D eigenvalue weighted by Crippen LogP contribution is 2.26. The minimum absolute atomic E-state index is 0.279. The molecule has 102 valence electrons. The second kappa shape index (κ2) is 5.43. The number of para-hydroxylation sites is 1. The molecule has 4 nitrogen and oxygen atoms in total. The van der Waals surface area contributed by atoms with Crippen LogP contribution in [0.1, 0.15) is 34.1 Å². The Hall–Kier alpha value is -1.84. The fourth-order valence-corrected chi connectivity index (χ4v) is 1.73. The maximum Gasteiger partial charge on any atom is 0.226 e. The van der Waals surface area contributed by atoms with Gasteiger partial charge in [0.1, 0.15) is 5.60 Å². The molecular formula is C15H21N3O. The molecule has 0 spiro atoms. The number of nitrogens with one attached hydrogen (secondary N) is 1. The molecule has 0 amide bonds. The highest BCUT2D eigenvalue weighted by molar-refractivity contribution is 5.84. The molecule has 1 aromatic carbocycles. The summed E-state index contributed by atoms with van der Waals surface area (Å²) in [5.74, 6) is 1.26. The van der Waals surface area contributed by atoms with Gasteiger partial charge >= 0.3 is 0 Å². The number of hydrogen-bond donors (Lipinski definition) is 1. The fourth-order valence-electron chi connectivity index (χ4n) is 1.73. The Morgan fingerprint density at radius 2 is 1.89 bits per heavy atom. The number of hydrogen-bond acceptors (Lipinski definition) is 4. The van der Waals surface area contributed by atoms with Crippen molar-refractivity contribution in [3.8, 4) is 5.88 Å². The molecule has 0 aliphatic heterocycles. The Bertz CT molecular complexity index is 561. The molecule has 0 fully saturated rings. The van der Waals surface area contributed by atoms with Crippen LogP contribution in [0.3, 0.4) is 0 Å². The molecule has 0 bridgehead atoms. The van der Waals surface area contributed by atoms with Crippen LogP contribution in [0.4, 0.5) is 5.95 Å². The molecule has 0 saturated heterocycles. The van der Waals surface area contributed by atoms with Gasteiger partial charge in [-0.25, -0.2) is 4.98 Å². The summed E-state index contributed by atoms with van der Waals surface area (Å²) in [5, 5.41) is 4.15. The number of ether oxygens (including phenoxy) is 1. The third-order valence-electron chi connectivity index (χ3n) is 2.50. The monoisotopic (exact) mass is 259 g/mol. The van der Waals surface area contributed by atoms with Crippen molar-refractivity contribution in [2.45, 2.75) is 39.7 Å². The highest BCUT2D eigenvalue weighted by atomic mass is 16.5. The van der Waals surface area contributed by atoms with Crippen molar-refractivity contribution in [2.75, 3.05) is 11.9 Å². The SMILES string of the molecule is CCCNc1nc(OC(C)(C)C)c2ccccc2n1. The molecule has 2 rings (SSSR count). The van der Waals surface area contributed by atoms with E-state index < -0.39 is 0 Å². The van der Waals surface area contributed by atoms with Gasteiger partial charge in [0, 0.05) is 6.54 Å². The van der Waals surface area contributed by atoms with Gasteiger partial charge in [-0.1, -0.05) is 19.1 Å². The summed E-state index contributed by atoms with van der Waals surface area (Å²) in [7, 11) is 0. The Balaban J connectivity index is 2.45. The molecule has 1 aromatic heterocycles. The molecule has 19 heavy (non-hydrogen) atoms. The summed E-state index contributed by atoms with van der Waals surface area (Å²) in [6, 6.07) is 7.91. The van der Waals surface area contributed by atoms with Crippen LogP contribution in [0.15, 0.2) is 24.3 Å². The predicted octanol–water partition coefficient (Wildman–Crippen LogP) is 3.63. The summed E-state index contributed by atoms with van der Waals surface area (Å²) in [6.07, 6.45) is 1.03. The van der Waals surface area contributed by atoms with E-state index in [0.717, 1.165) is 23.9 Å². The van der Waals surface area contributed by atoms with Gasteiger partial charge in [0.05, 0.1) is 10.9 Å². The molecule has 4 heteroatoms. The lowest BCUT2D eigenvalue weighted by molar-refractivity contribution is 0.126. The van der Waals surface area contributed by atoms with Gasteiger partial charge in [-0.05, 0) is 39.3 Å². The van der Waals surface area contributed by atoms with E-state index in [9.17, 15) is 0 Å². The smallest absolute Gasteiger partial charge is 0.226 e. The molecule has 1 N–H and O–H groups in total. The largest absolute Gasteiger partial charge is 0.471 e. The van der Waals surface area contributed by atoms with Crippen molar-refractivity contribution in [3.63, 3.8) is 0 Å². The highest BCUT2D eigenvalue weighted by Gasteiger charge is 2.16. The first-order valence-electron chi connectivity index (χ1n) is 6.69. The topological polar surface area (TPSA) is 47.0 Å². The first-order valence-corrected chi connectivity index (χ1v) is 6.69. The average Bonchev–Trinajstić information content (AvgIpc) is 2.34. The van der Waals surface area contributed by atoms with Crippen molar-refractivity contribution in [1.29, 1.82) is 0 Å². The van der Waals surface area contributed by atoms with Crippen molar-refractivity contribution in [3.05, 3.63) is 24.3 Å². The number of benzene rings is 1. The van der Waals surface area contributed by atoms with E-state index in [1.54, 1.807) is 0 Å². The van der Waals surface area contributed by atoms with Gasteiger partial charge in [-0.15, -0.1) is 0 Å². The van der Waals surface area contributed by atoms with Crippen molar-refractivity contribution in [2.24, 2.45) is 0 Å². The van der Waals surface area contributed by atoms with E-state index in [-0.39, 0.29) is 5.60 Å². The lowest BCUT2D eigenvalue weighted by Gasteiger charge is -2.21. The zero-order chi connectivity index (χ0) is 13.9. The molecule has 0 atom stereocenters. The summed E-state index contributed by atoms with van der Waals surface area (Å²) < 4.78 is 5.94. The second-order valence-electron chi connectivity index (χ2n) is 5.51. The van der Waals surface area contributed by atoms with E-state index in [4.69, 9.17) is 4.74 Å². The van der Waals surface area contributed by atoms with Crippen LogP contribution in [0.2, 0.25) is 0 Å².